The number of nitrogens with zero attached hydrogens (tertiary/aromatic N) is 5. The van der Waals surface area contributed by atoms with E-state index < -0.39 is 0 Å². The van der Waals surface area contributed by atoms with Gasteiger partial charge in [0, 0.05) is 35.5 Å². The summed E-state index contributed by atoms with van der Waals surface area (Å²) in [5.41, 5.74) is 9.92. The van der Waals surface area contributed by atoms with Crippen LogP contribution in [0.5, 0.6) is 0 Å². The summed E-state index contributed by atoms with van der Waals surface area (Å²) in [7, 11) is 0. The summed E-state index contributed by atoms with van der Waals surface area (Å²) < 4.78 is 1.90. The molecule has 6 nitrogen and oxygen atoms in total. The Balaban J connectivity index is 1.62. The number of anilines is 2. The van der Waals surface area contributed by atoms with Crippen LogP contribution in [0.15, 0.2) is 48.7 Å². The SMILES string of the molecule is Nc1nc2c(s1)CN(c1cc(-c3ccccc3)nc3ccnn13)CC2. The zero-order chi connectivity index (χ0) is 16.8. The van der Waals surface area contributed by atoms with Gasteiger partial charge in [-0.15, -0.1) is 11.3 Å². The molecule has 124 valence electrons. The average molecular weight is 348 g/mol. The Hall–Kier alpha value is -2.93. The predicted octanol–water partition coefficient (Wildman–Crippen LogP) is 3.00. The quantitative estimate of drug-likeness (QED) is 0.603. The Bertz CT molecular complexity index is 1050. The standard InChI is InChI=1S/C18H16N6S/c19-18-22-13-7-9-23(11-15(13)25-18)17-10-14(12-4-2-1-3-5-12)21-16-6-8-20-24(16)17/h1-6,8,10H,7,9,11H2,(H2,19,22). The van der Waals surface area contributed by atoms with E-state index in [1.165, 1.54) is 4.88 Å². The molecule has 3 aromatic heterocycles. The highest BCUT2D eigenvalue weighted by Crippen LogP contribution is 2.31. The van der Waals surface area contributed by atoms with Gasteiger partial charge in [-0.05, 0) is 0 Å². The highest BCUT2D eigenvalue weighted by Gasteiger charge is 2.23. The Morgan fingerprint density at radius 1 is 1.08 bits per heavy atom. The summed E-state index contributed by atoms with van der Waals surface area (Å²) in [4.78, 5) is 12.8. The summed E-state index contributed by atoms with van der Waals surface area (Å²) in [6, 6.07) is 14.3. The van der Waals surface area contributed by atoms with Gasteiger partial charge in [-0.3, -0.25) is 0 Å². The maximum atomic E-state index is 5.88. The number of nitrogens with two attached hydrogens (primary N) is 1. The van der Waals surface area contributed by atoms with Crippen LogP contribution in [0.2, 0.25) is 0 Å². The van der Waals surface area contributed by atoms with Crippen molar-refractivity contribution in [1.29, 1.82) is 0 Å². The molecule has 1 aliphatic rings. The topological polar surface area (TPSA) is 72.3 Å². The van der Waals surface area contributed by atoms with Gasteiger partial charge in [-0.1, -0.05) is 30.3 Å². The van der Waals surface area contributed by atoms with Gasteiger partial charge < -0.3 is 10.6 Å². The zero-order valence-electron chi connectivity index (χ0n) is 13.5. The van der Waals surface area contributed by atoms with Crippen LogP contribution in [0.1, 0.15) is 10.6 Å². The molecule has 4 aromatic rings. The Kier molecular flexibility index (Phi) is 3.21. The second-order valence-electron chi connectivity index (χ2n) is 6.06. The lowest BCUT2D eigenvalue weighted by molar-refractivity contribution is 0.702. The van der Waals surface area contributed by atoms with E-state index in [1.807, 2.05) is 28.8 Å². The first-order valence-corrected chi connectivity index (χ1v) is 8.99. The second-order valence-corrected chi connectivity index (χ2v) is 7.18. The summed E-state index contributed by atoms with van der Waals surface area (Å²) in [5, 5.41) is 5.11. The van der Waals surface area contributed by atoms with Gasteiger partial charge in [0.25, 0.3) is 0 Å². The number of fused-ring (bicyclic) bond motifs is 2. The van der Waals surface area contributed by atoms with Crippen molar-refractivity contribution in [1.82, 2.24) is 19.6 Å². The van der Waals surface area contributed by atoms with Crippen molar-refractivity contribution in [3.8, 4) is 11.3 Å². The van der Waals surface area contributed by atoms with Gasteiger partial charge in [0.15, 0.2) is 10.8 Å². The Labute approximate surface area is 148 Å². The van der Waals surface area contributed by atoms with E-state index in [1.54, 1.807) is 17.5 Å². The monoisotopic (exact) mass is 348 g/mol. The second kappa shape index (κ2) is 5.56. The van der Waals surface area contributed by atoms with Gasteiger partial charge in [0.05, 0.1) is 24.1 Å². The molecule has 25 heavy (non-hydrogen) atoms. The van der Waals surface area contributed by atoms with Gasteiger partial charge >= 0.3 is 0 Å². The van der Waals surface area contributed by atoms with E-state index >= 15 is 0 Å². The first-order valence-electron chi connectivity index (χ1n) is 8.17. The van der Waals surface area contributed by atoms with Crippen LogP contribution in [0, 0.1) is 0 Å². The number of aromatic nitrogens is 4. The van der Waals surface area contributed by atoms with E-state index in [0.29, 0.717) is 5.13 Å². The normalized spacial score (nSPS) is 14.0. The van der Waals surface area contributed by atoms with Crippen molar-refractivity contribution in [3.05, 3.63) is 59.2 Å². The molecular weight excluding hydrogens is 332 g/mol. The molecule has 5 rings (SSSR count). The molecule has 0 saturated heterocycles. The summed E-state index contributed by atoms with van der Waals surface area (Å²) in [6.45, 7) is 1.70. The molecule has 0 unspecified atom stereocenters. The molecule has 1 aliphatic heterocycles. The maximum Gasteiger partial charge on any atom is 0.180 e. The minimum absolute atomic E-state index is 0.649. The highest BCUT2D eigenvalue weighted by atomic mass is 32.1. The minimum atomic E-state index is 0.649. The number of rotatable bonds is 2. The lowest BCUT2D eigenvalue weighted by Gasteiger charge is -2.28. The zero-order valence-corrected chi connectivity index (χ0v) is 14.3. The van der Waals surface area contributed by atoms with Crippen LogP contribution in [-0.2, 0) is 13.0 Å². The van der Waals surface area contributed by atoms with Gasteiger partial charge in [-0.25, -0.2) is 9.97 Å². The first kappa shape index (κ1) is 14.4. The van der Waals surface area contributed by atoms with Crippen molar-refractivity contribution in [2.45, 2.75) is 13.0 Å². The van der Waals surface area contributed by atoms with Crippen molar-refractivity contribution in [2.24, 2.45) is 0 Å². The lowest BCUT2D eigenvalue weighted by Crippen LogP contribution is -2.31. The van der Waals surface area contributed by atoms with Crippen LogP contribution < -0.4 is 10.6 Å². The Morgan fingerprint density at radius 2 is 1.96 bits per heavy atom. The number of nitrogen functional groups attached to an aromatic ring is 1. The molecule has 1 aromatic carbocycles. The van der Waals surface area contributed by atoms with Crippen LogP contribution in [0.25, 0.3) is 16.9 Å². The molecule has 0 aliphatic carbocycles. The summed E-state index contributed by atoms with van der Waals surface area (Å²) in [5.74, 6) is 1.05. The Morgan fingerprint density at radius 3 is 2.84 bits per heavy atom. The molecule has 0 atom stereocenters. The third-order valence-electron chi connectivity index (χ3n) is 4.48. The highest BCUT2D eigenvalue weighted by molar-refractivity contribution is 7.15. The van der Waals surface area contributed by atoms with E-state index in [4.69, 9.17) is 10.7 Å². The molecular formula is C18H16N6S. The number of thiazole rings is 1. The van der Waals surface area contributed by atoms with Gasteiger partial charge in [0.1, 0.15) is 5.82 Å². The molecule has 0 saturated carbocycles. The lowest BCUT2D eigenvalue weighted by atomic mass is 10.1. The molecule has 2 N–H and O–H groups in total. The molecule has 0 amide bonds. The first-order chi connectivity index (χ1) is 12.3. The van der Waals surface area contributed by atoms with Crippen molar-refractivity contribution >= 4 is 27.9 Å². The molecule has 0 bridgehead atoms. The van der Waals surface area contributed by atoms with Crippen LogP contribution in [-0.4, -0.2) is 26.1 Å². The smallest absolute Gasteiger partial charge is 0.180 e. The molecule has 7 heteroatoms. The van der Waals surface area contributed by atoms with E-state index in [2.05, 4.69) is 33.2 Å². The molecule has 0 fully saturated rings. The number of hydrogen-bond acceptors (Lipinski definition) is 6. The van der Waals surface area contributed by atoms with Crippen LogP contribution in [0.3, 0.4) is 0 Å². The molecule has 0 radical (unpaired) electrons. The van der Waals surface area contributed by atoms with Gasteiger partial charge in [0.2, 0.25) is 0 Å². The van der Waals surface area contributed by atoms with Crippen LogP contribution in [0.4, 0.5) is 10.9 Å². The number of hydrogen-bond donors (Lipinski definition) is 1. The average Bonchev–Trinajstić information content (AvgIpc) is 3.26. The van der Waals surface area contributed by atoms with Crippen molar-refractivity contribution in [2.75, 3.05) is 17.2 Å². The summed E-state index contributed by atoms with van der Waals surface area (Å²) >= 11 is 1.58. The predicted molar refractivity (Wildman–Crippen MR) is 99.7 cm³/mol. The van der Waals surface area contributed by atoms with Crippen LogP contribution >= 0.6 is 11.3 Å². The fourth-order valence-corrected chi connectivity index (χ4v) is 4.18. The fraction of sp³-hybridized carbons (Fsp3) is 0.167. The minimum Gasteiger partial charge on any atom is -0.375 e. The largest absolute Gasteiger partial charge is 0.375 e. The number of benzene rings is 1. The maximum absolute atomic E-state index is 5.88. The van der Waals surface area contributed by atoms with E-state index in [-0.39, 0.29) is 0 Å². The van der Waals surface area contributed by atoms with E-state index in [9.17, 15) is 0 Å². The van der Waals surface area contributed by atoms with Crippen molar-refractivity contribution < 1.29 is 0 Å². The summed E-state index contributed by atoms with van der Waals surface area (Å²) in [6.07, 6.45) is 2.69. The molecule has 4 heterocycles. The van der Waals surface area contributed by atoms with Crippen molar-refractivity contribution in [3.63, 3.8) is 0 Å². The third kappa shape index (κ3) is 2.44. The van der Waals surface area contributed by atoms with E-state index in [0.717, 1.165) is 47.9 Å². The third-order valence-corrected chi connectivity index (χ3v) is 5.39. The van der Waals surface area contributed by atoms with Gasteiger partial charge in [-0.2, -0.15) is 9.61 Å². The molecule has 0 spiro atoms. The fourth-order valence-electron chi connectivity index (χ4n) is 3.29.